The summed E-state index contributed by atoms with van der Waals surface area (Å²) in [5, 5.41) is 3.96. The highest BCUT2D eigenvalue weighted by atomic mass is 16.5. The fourth-order valence-corrected chi connectivity index (χ4v) is 3.00. The van der Waals surface area contributed by atoms with Crippen LogP contribution < -0.4 is 9.64 Å². The first-order valence-electron chi connectivity index (χ1n) is 6.50. The molecule has 1 fully saturated rings. The zero-order valence-corrected chi connectivity index (χ0v) is 10.8. The zero-order chi connectivity index (χ0) is 12.9. The SMILES string of the molecule is Cc1nc(N2CC3(COc4ccccc4C3)C2)no1. The van der Waals surface area contributed by atoms with Gasteiger partial charge in [-0.25, -0.2) is 0 Å². The number of aromatic nitrogens is 2. The van der Waals surface area contributed by atoms with Crippen LogP contribution in [0.3, 0.4) is 0 Å². The average molecular weight is 257 g/mol. The molecule has 2 aliphatic rings. The quantitative estimate of drug-likeness (QED) is 0.780. The lowest BCUT2D eigenvalue weighted by Crippen LogP contribution is -2.61. The summed E-state index contributed by atoms with van der Waals surface area (Å²) in [6.45, 7) is 4.45. The number of ether oxygens (including phenoxy) is 1. The number of hydrogen-bond donors (Lipinski definition) is 0. The van der Waals surface area contributed by atoms with Crippen LogP contribution in [0, 0.1) is 12.3 Å². The summed E-state index contributed by atoms with van der Waals surface area (Å²) in [6.07, 6.45) is 1.07. The molecule has 0 saturated carbocycles. The molecule has 19 heavy (non-hydrogen) atoms. The fraction of sp³-hybridized carbons (Fsp3) is 0.429. The van der Waals surface area contributed by atoms with Gasteiger partial charge in [-0.2, -0.15) is 4.98 Å². The summed E-state index contributed by atoms with van der Waals surface area (Å²) in [6, 6.07) is 8.28. The second-order valence-corrected chi connectivity index (χ2v) is 5.54. The van der Waals surface area contributed by atoms with Gasteiger partial charge < -0.3 is 14.2 Å². The van der Waals surface area contributed by atoms with Gasteiger partial charge in [0.1, 0.15) is 5.75 Å². The Morgan fingerprint density at radius 3 is 2.89 bits per heavy atom. The topological polar surface area (TPSA) is 51.4 Å². The van der Waals surface area contributed by atoms with Crippen molar-refractivity contribution in [2.75, 3.05) is 24.6 Å². The van der Waals surface area contributed by atoms with Crippen LogP contribution in [0.5, 0.6) is 5.75 Å². The van der Waals surface area contributed by atoms with Crippen molar-refractivity contribution in [1.29, 1.82) is 0 Å². The van der Waals surface area contributed by atoms with Crippen LogP contribution in [-0.4, -0.2) is 29.8 Å². The number of aryl methyl sites for hydroxylation is 1. The molecule has 98 valence electrons. The van der Waals surface area contributed by atoms with E-state index in [0.29, 0.717) is 11.8 Å². The van der Waals surface area contributed by atoms with Gasteiger partial charge in [-0.1, -0.05) is 18.2 Å². The van der Waals surface area contributed by atoms with Gasteiger partial charge in [-0.05, 0) is 23.2 Å². The van der Waals surface area contributed by atoms with Crippen molar-refractivity contribution in [2.45, 2.75) is 13.3 Å². The standard InChI is InChI=1S/C14H15N3O2/c1-10-15-13(16-19-10)17-7-14(8-17)6-11-4-2-3-5-12(11)18-9-14/h2-5H,6-9H2,1H3. The number of nitrogens with zero attached hydrogens (tertiary/aromatic N) is 3. The predicted octanol–water partition coefficient (Wildman–Crippen LogP) is 1.82. The molecule has 0 radical (unpaired) electrons. The van der Waals surface area contributed by atoms with Crippen molar-refractivity contribution in [3.8, 4) is 5.75 Å². The van der Waals surface area contributed by atoms with E-state index >= 15 is 0 Å². The van der Waals surface area contributed by atoms with Crippen molar-refractivity contribution < 1.29 is 9.26 Å². The Hall–Kier alpha value is -2.04. The molecule has 1 saturated heterocycles. The monoisotopic (exact) mass is 257 g/mol. The lowest BCUT2D eigenvalue weighted by atomic mass is 9.74. The van der Waals surface area contributed by atoms with E-state index in [2.05, 4.69) is 27.2 Å². The van der Waals surface area contributed by atoms with Crippen molar-refractivity contribution in [2.24, 2.45) is 5.41 Å². The molecule has 1 aromatic carbocycles. The molecule has 0 bridgehead atoms. The Morgan fingerprint density at radius 2 is 2.11 bits per heavy atom. The Balaban J connectivity index is 1.51. The van der Waals surface area contributed by atoms with Crippen molar-refractivity contribution in [3.63, 3.8) is 0 Å². The molecule has 0 aliphatic carbocycles. The molecule has 4 rings (SSSR count). The third-order valence-corrected chi connectivity index (χ3v) is 3.92. The summed E-state index contributed by atoms with van der Waals surface area (Å²) < 4.78 is 10.9. The zero-order valence-electron chi connectivity index (χ0n) is 10.8. The molecule has 5 nitrogen and oxygen atoms in total. The number of fused-ring (bicyclic) bond motifs is 1. The van der Waals surface area contributed by atoms with Crippen molar-refractivity contribution in [3.05, 3.63) is 35.7 Å². The first-order valence-corrected chi connectivity index (χ1v) is 6.50. The van der Waals surface area contributed by atoms with Gasteiger partial charge in [0.15, 0.2) is 0 Å². The Bertz CT molecular complexity index is 617. The maximum absolute atomic E-state index is 5.88. The summed E-state index contributed by atoms with van der Waals surface area (Å²) >= 11 is 0. The molecule has 0 amide bonds. The van der Waals surface area contributed by atoms with Crippen molar-refractivity contribution in [1.82, 2.24) is 10.1 Å². The molecular weight excluding hydrogens is 242 g/mol. The second-order valence-electron chi connectivity index (χ2n) is 5.54. The largest absolute Gasteiger partial charge is 0.493 e. The third-order valence-electron chi connectivity index (χ3n) is 3.92. The molecule has 2 aromatic rings. The van der Waals surface area contributed by atoms with Gasteiger partial charge in [-0.3, -0.25) is 0 Å². The van der Waals surface area contributed by atoms with Crippen LogP contribution in [0.25, 0.3) is 0 Å². The van der Waals surface area contributed by atoms with E-state index < -0.39 is 0 Å². The highest BCUT2D eigenvalue weighted by molar-refractivity contribution is 5.41. The van der Waals surface area contributed by atoms with E-state index in [1.165, 1.54) is 5.56 Å². The predicted molar refractivity (Wildman–Crippen MR) is 69.3 cm³/mol. The van der Waals surface area contributed by atoms with Crippen LogP contribution in [0.2, 0.25) is 0 Å². The Morgan fingerprint density at radius 1 is 1.26 bits per heavy atom. The van der Waals surface area contributed by atoms with E-state index in [1.807, 2.05) is 19.1 Å². The van der Waals surface area contributed by atoms with E-state index in [4.69, 9.17) is 9.26 Å². The van der Waals surface area contributed by atoms with Gasteiger partial charge in [0.2, 0.25) is 5.89 Å². The minimum absolute atomic E-state index is 0.211. The summed E-state index contributed by atoms with van der Waals surface area (Å²) in [7, 11) is 0. The normalized spacial score (nSPS) is 19.7. The first-order chi connectivity index (χ1) is 9.24. The molecule has 0 N–H and O–H groups in total. The smallest absolute Gasteiger partial charge is 0.266 e. The van der Waals surface area contributed by atoms with E-state index in [1.54, 1.807) is 0 Å². The molecule has 0 atom stereocenters. The second kappa shape index (κ2) is 3.73. The molecule has 3 heterocycles. The maximum atomic E-state index is 5.88. The Kier molecular flexibility index (Phi) is 2.13. The van der Waals surface area contributed by atoms with Crippen molar-refractivity contribution >= 4 is 5.95 Å². The summed E-state index contributed by atoms with van der Waals surface area (Å²) in [4.78, 5) is 6.41. The molecule has 2 aliphatic heterocycles. The summed E-state index contributed by atoms with van der Waals surface area (Å²) in [5.41, 5.74) is 1.51. The highest BCUT2D eigenvalue weighted by Crippen LogP contribution is 2.41. The number of hydrogen-bond acceptors (Lipinski definition) is 5. The van der Waals surface area contributed by atoms with E-state index in [9.17, 15) is 0 Å². The molecule has 1 aromatic heterocycles. The maximum Gasteiger partial charge on any atom is 0.266 e. The van der Waals surface area contributed by atoms with Crippen LogP contribution in [0.1, 0.15) is 11.5 Å². The lowest BCUT2D eigenvalue weighted by molar-refractivity contribution is 0.0865. The number of rotatable bonds is 1. The summed E-state index contributed by atoms with van der Waals surface area (Å²) in [5.74, 6) is 2.34. The first kappa shape index (κ1) is 10.8. The van der Waals surface area contributed by atoms with Gasteiger partial charge in [0.25, 0.3) is 5.95 Å². The molecule has 1 spiro atoms. The highest BCUT2D eigenvalue weighted by Gasteiger charge is 2.47. The van der Waals surface area contributed by atoms with Crippen LogP contribution >= 0.6 is 0 Å². The average Bonchev–Trinajstić information content (AvgIpc) is 2.82. The van der Waals surface area contributed by atoms with Crippen LogP contribution in [0.15, 0.2) is 28.8 Å². The van der Waals surface area contributed by atoms with Gasteiger partial charge >= 0.3 is 0 Å². The van der Waals surface area contributed by atoms with Gasteiger partial charge in [0.05, 0.1) is 6.61 Å². The van der Waals surface area contributed by atoms with Crippen LogP contribution in [-0.2, 0) is 6.42 Å². The number of para-hydroxylation sites is 1. The van der Waals surface area contributed by atoms with Gasteiger partial charge in [-0.15, -0.1) is 0 Å². The van der Waals surface area contributed by atoms with E-state index in [-0.39, 0.29) is 5.41 Å². The molecular formula is C14H15N3O2. The van der Waals surface area contributed by atoms with E-state index in [0.717, 1.165) is 31.9 Å². The Labute approximate surface area is 111 Å². The fourth-order valence-electron chi connectivity index (χ4n) is 3.00. The minimum atomic E-state index is 0.211. The van der Waals surface area contributed by atoms with Gasteiger partial charge in [0, 0.05) is 25.4 Å². The third kappa shape index (κ3) is 1.69. The molecule has 5 heteroatoms. The lowest BCUT2D eigenvalue weighted by Gasteiger charge is -2.51. The van der Waals surface area contributed by atoms with Crippen LogP contribution in [0.4, 0.5) is 5.95 Å². The molecule has 0 unspecified atom stereocenters. The minimum Gasteiger partial charge on any atom is -0.493 e. The number of anilines is 1. The number of benzene rings is 1.